The van der Waals surface area contributed by atoms with Gasteiger partial charge in [0.05, 0.1) is 12.0 Å². The van der Waals surface area contributed by atoms with Crippen LogP contribution in [0.25, 0.3) is 0 Å². The van der Waals surface area contributed by atoms with Gasteiger partial charge in [-0.2, -0.15) is 0 Å². The van der Waals surface area contributed by atoms with Gasteiger partial charge in [-0.15, -0.1) is 0 Å². The average molecular weight is 362 g/mol. The third-order valence-corrected chi connectivity index (χ3v) is 6.14. The Balaban J connectivity index is 1.48. The van der Waals surface area contributed by atoms with E-state index in [1.54, 1.807) is 6.07 Å². The zero-order valence-corrected chi connectivity index (χ0v) is 15.6. The Bertz CT molecular complexity index is 601. The number of hydrogen-bond acceptors (Lipinski definition) is 3. The summed E-state index contributed by atoms with van der Waals surface area (Å²) < 4.78 is 13.7. The molecule has 1 atom stereocenters. The zero-order valence-electron chi connectivity index (χ0n) is 15.6. The number of amides is 1. The van der Waals surface area contributed by atoms with Gasteiger partial charge in [-0.1, -0.05) is 25.0 Å². The van der Waals surface area contributed by atoms with Crippen LogP contribution in [0.2, 0.25) is 0 Å². The second kappa shape index (κ2) is 8.96. The van der Waals surface area contributed by atoms with Gasteiger partial charge in [0.1, 0.15) is 5.82 Å². The van der Waals surface area contributed by atoms with Crippen molar-refractivity contribution in [2.45, 2.75) is 62.8 Å². The Morgan fingerprint density at radius 2 is 2.08 bits per heavy atom. The van der Waals surface area contributed by atoms with Crippen LogP contribution in [0.4, 0.5) is 4.39 Å². The summed E-state index contributed by atoms with van der Waals surface area (Å²) in [5.41, 5.74) is 0.259. The van der Waals surface area contributed by atoms with Crippen molar-refractivity contribution in [3.8, 4) is 0 Å². The number of nitrogens with one attached hydrogen (secondary N) is 1. The molecule has 5 heteroatoms. The summed E-state index contributed by atoms with van der Waals surface area (Å²) in [6.07, 6.45) is 7.83. The standard InChI is InChI=1S/C21H31FN2O2/c22-18-8-5-7-17(15-18)21(10-1-2-11-21)20(26)23-12-3-4-13-24-14-6-9-19(24)16-25/h5,7-8,15,19,25H,1-4,6,9-14,16H2,(H,23,26). The molecule has 0 aromatic heterocycles. The van der Waals surface area contributed by atoms with Gasteiger partial charge in [-0.25, -0.2) is 4.39 Å². The molecule has 0 radical (unpaired) electrons. The lowest BCUT2D eigenvalue weighted by Gasteiger charge is -2.28. The van der Waals surface area contributed by atoms with Gasteiger partial charge in [-0.3, -0.25) is 9.69 Å². The first-order valence-electron chi connectivity index (χ1n) is 10.0. The number of benzene rings is 1. The highest BCUT2D eigenvalue weighted by atomic mass is 19.1. The van der Waals surface area contributed by atoms with Crippen LogP contribution < -0.4 is 5.32 Å². The third kappa shape index (κ3) is 4.26. The molecule has 1 saturated heterocycles. The molecule has 144 valence electrons. The Kier molecular flexibility index (Phi) is 6.65. The average Bonchev–Trinajstić information content (AvgIpc) is 3.31. The van der Waals surface area contributed by atoms with Gasteiger partial charge in [0.25, 0.3) is 0 Å². The fourth-order valence-electron chi connectivity index (χ4n) is 4.62. The molecule has 3 rings (SSSR count). The van der Waals surface area contributed by atoms with Crippen molar-refractivity contribution in [2.24, 2.45) is 0 Å². The molecule has 0 spiro atoms. The molecule has 1 amide bonds. The molecule has 1 unspecified atom stereocenters. The van der Waals surface area contributed by atoms with Crippen LogP contribution in [0, 0.1) is 5.82 Å². The van der Waals surface area contributed by atoms with E-state index in [0.717, 1.165) is 70.0 Å². The number of hydrogen-bond donors (Lipinski definition) is 2. The summed E-state index contributed by atoms with van der Waals surface area (Å²) in [6.45, 7) is 2.96. The monoisotopic (exact) mass is 362 g/mol. The molecular weight excluding hydrogens is 331 g/mol. The topological polar surface area (TPSA) is 52.6 Å². The van der Waals surface area contributed by atoms with Crippen LogP contribution in [0.3, 0.4) is 0 Å². The minimum atomic E-state index is -0.557. The quantitative estimate of drug-likeness (QED) is 0.699. The SMILES string of the molecule is O=C(NCCCCN1CCCC1CO)C1(c2cccc(F)c2)CCCC1. The number of nitrogens with zero attached hydrogens (tertiary/aromatic N) is 1. The summed E-state index contributed by atoms with van der Waals surface area (Å²) >= 11 is 0. The van der Waals surface area contributed by atoms with Gasteiger partial charge in [-0.05, 0) is 69.3 Å². The number of carbonyl (C=O) groups excluding carboxylic acids is 1. The number of halogens is 1. The number of carbonyl (C=O) groups is 1. The molecule has 2 aliphatic rings. The van der Waals surface area contributed by atoms with E-state index < -0.39 is 5.41 Å². The van der Waals surface area contributed by atoms with Gasteiger partial charge < -0.3 is 10.4 Å². The zero-order chi connectivity index (χ0) is 18.4. The largest absolute Gasteiger partial charge is 0.395 e. The van der Waals surface area contributed by atoms with Crippen molar-refractivity contribution >= 4 is 5.91 Å². The number of unbranched alkanes of at least 4 members (excludes halogenated alkanes) is 1. The van der Waals surface area contributed by atoms with Crippen LogP contribution in [-0.4, -0.2) is 48.2 Å². The minimum Gasteiger partial charge on any atom is -0.395 e. The highest BCUT2D eigenvalue weighted by Gasteiger charge is 2.42. The molecule has 2 N–H and O–H groups in total. The van der Waals surface area contributed by atoms with Gasteiger partial charge in [0.15, 0.2) is 0 Å². The van der Waals surface area contributed by atoms with E-state index in [1.807, 2.05) is 6.07 Å². The lowest BCUT2D eigenvalue weighted by Crippen LogP contribution is -2.43. The highest BCUT2D eigenvalue weighted by Crippen LogP contribution is 2.41. The predicted molar refractivity (Wildman–Crippen MR) is 100 cm³/mol. The van der Waals surface area contributed by atoms with Crippen molar-refractivity contribution in [3.63, 3.8) is 0 Å². The van der Waals surface area contributed by atoms with E-state index in [9.17, 15) is 14.3 Å². The van der Waals surface area contributed by atoms with Crippen LogP contribution in [-0.2, 0) is 10.2 Å². The molecule has 1 saturated carbocycles. The van der Waals surface area contributed by atoms with E-state index in [1.165, 1.54) is 12.1 Å². The second-order valence-electron chi connectivity index (χ2n) is 7.78. The number of rotatable bonds is 8. The molecule has 0 bridgehead atoms. The van der Waals surface area contributed by atoms with Gasteiger partial charge in [0, 0.05) is 12.6 Å². The highest BCUT2D eigenvalue weighted by molar-refractivity contribution is 5.88. The smallest absolute Gasteiger partial charge is 0.230 e. The van der Waals surface area contributed by atoms with Crippen molar-refractivity contribution in [1.82, 2.24) is 10.2 Å². The fraction of sp³-hybridized carbons (Fsp3) is 0.667. The van der Waals surface area contributed by atoms with Crippen LogP contribution >= 0.6 is 0 Å². The van der Waals surface area contributed by atoms with E-state index in [0.29, 0.717) is 12.6 Å². The summed E-state index contributed by atoms with van der Waals surface area (Å²) in [7, 11) is 0. The maximum Gasteiger partial charge on any atom is 0.230 e. The lowest BCUT2D eigenvalue weighted by atomic mass is 9.78. The maximum atomic E-state index is 13.7. The van der Waals surface area contributed by atoms with Crippen LogP contribution in [0.15, 0.2) is 24.3 Å². The Labute approximate surface area is 155 Å². The first-order valence-corrected chi connectivity index (χ1v) is 10.0. The van der Waals surface area contributed by atoms with E-state index in [2.05, 4.69) is 10.2 Å². The molecule has 1 heterocycles. The number of aliphatic hydroxyl groups is 1. The second-order valence-corrected chi connectivity index (χ2v) is 7.78. The first kappa shape index (κ1) is 19.3. The van der Waals surface area contributed by atoms with Crippen molar-refractivity contribution in [1.29, 1.82) is 0 Å². The van der Waals surface area contributed by atoms with Crippen molar-refractivity contribution in [3.05, 3.63) is 35.6 Å². The number of aliphatic hydroxyl groups excluding tert-OH is 1. The minimum absolute atomic E-state index is 0.0509. The molecule has 4 nitrogen and oxygen atoms in total. The Hall–Kier alpha value is -1.46. The summed E-state index contributed by atoms with van der Waals surface area (Å²) in [6, 6.07) is 6.86. The lowest BCUT2D eigenvalue weighted by molar-refractivity contribution is -0.126. The molecule has 1 aromatic carbocycles. The maximum absolute atomic E-state index is 13.7. The number of likely N-dealkylation sites (tertiary alicyclic amines) is 1. The molecule has 2 fully saturated rings. The van der Waals surface area contributed by atoms with Crippen molar-refractivity contribution < 1.29 is 14.3 Å². The van der Waals surface area contributed by atoms with Crippen LogP contribution in [0.1, 0.15) is 56.9 Å². The Morgan fingerprint density at radius 3 is 2.81 bits per heavy atom. The predicted octanol–water partition coefficient (Wildman–Crippen LogP) is 2.99. The molecule has 1 aliphatic carbocycles. The Morgan fingerprint density at radius 1 is 1.27 bits per heavy atom. The fourth-order valence-corrected chi connectivity index (χ4v) is 4.62. The van der Waals surface area contributed by atoms with Gasteiger partial charge >= 0.3 is 0 Å². The van der Waals surface area contributed by atoms with Crippen molar-refractivity contribution in [2.75, 3.05) is 26.2 Å². The summed E-state index contributed by atoms with van der Waals surface area (Å²) in [4.78, 5) is 15.3. The summed E-state index contributed by atoms with van der Waals surface area (Å²) in [5.74, 6) is -0.222. The molecule has 26 heavy (non-hydrogen) atoms. The van der Waals surface area contributed by atoms with E-state index in [4.69, 9.17) is 0 Å². The van der Waals surface area contributed by atoms with E-state index in [-0.39, 0.29) is 18.3 Å². The molecule has 1 aromatic rings. The summed E-state index contributed by atoms with van der Waals surface area (Å²) in [5, 5.41) is 12.5. The molecular formula is C21H31FN2O2. The van der Waals surface area contributed by atoms with Crippen LogP contribution in [0.5, 0.6) is 0 Å². The third-order valence-electron chi connectivity index (χ3n) is 6.14. The normalized spacial score (nSPS) is 22.6. The van der Waals surface area contributed by atoms with E-state index >= 15 is 0 Å². The van der Waals surface area contributed by atoms with Gasteiger partial charge in [0.2, 0.25) is 5.91 Å². The first-order chi connectivity index (χ1) is 12.7. The molecule has 1 aliphatic heterocycles.